The summed E-state index contributed by atoms with van der Waals surface area (Å²) in [6.07, 6.45) is 4.35. The number of aliphatic carboxylic acids is 1. The second kappa shape index (κ2) is 4.93. The molecule has 0 aromatic carbocycles. The molecule has 1 N–H and O–H groups in total. The van der Waals surface area contributed by atoms with Gasteiger partial charge in [-0.3, -0.25) is 4.79 Å². The van der Waals surface area contributed by atoms with Gasteiger partial charge in [0.1, 0.15) is 6.61 Å². The molecule has 3 aliphatic rings. The van der Waals surface area contributed by atoms with E-state index >= 15 is 0 Å². The Kier molecular flexibility index (Phi) is 3.38. The molecule has 0 bridgehead atoms. The van der Waals surface area contributed by atoms with Crippen LogP contribution in [-0.4, -0.2) is 29.4 Å². The Labute approximate surface area is 118 Å². The van der Waals surface area contributed by atoms with Crippen LogP contribution in [0.15, 0.2) is 0 Å². The van der Waals surface area contributed by atoms with Gasteiger partial charge in [-0.15, -0.1) is 0 Å². The van der Waals surface area contributed by atoms with Crippen molar-refractivity contribution in [2.45, 2.75) is 51.0 Å². The van der Waals surface area contributed by atoms with Gasteiger partial charge in [-0.2, -0.15) is 0 Å². The molecule has 4 unspecified atom stereocenters. The zero-order valence-electron chi connectivity index (χ0n) is 11.8. The van der Waals surface area contributed by atoms with Gasteiger partial charge < -0.3 is 14.6 Å². The van der Waals surface area contributed by atoms with Crippen molar-refractivity contribution in [2.75, 3.05) is 6.61 Å². The molecule has 2 saturated carbocycles. The van der Waals surface area contributed by atoms with Gasteiger partial charge in [-0.1, -0.05) is 13.3 Å². The SMILES string of the molecule is CC1CCC2C1CC(CC(=O)O)CC[C@@]21COC(=O)O1. The number of cyclic esters (lactones) is 1. The summed E-state index contributed by atoms with van der Waals surface area (Å²) in [7, 11) is 0. The molecule has 1 aliphatic heterocycles. The first-order valence-corrected chi connectivity index (χ1v) is 7.58. The Bertz CT molecular complexity index is 420. The van der Waals surface area contributed by atoms with Crippen LogP contribution >= 0.6 is 0 Å². The molecule has 5 atom stereocenters. The van der Waals surface area contributed by atoms with Crippen LogP contribution in [0.2, 0.25) is 0 Å². The Morgan fingerprint density at radius 2 is 2.20 bits per heavy atom. The number of carboxylic acids is 1. The summed E-state index contributed by atoms with van der Waals surface area (Å²) in [5.41, 5.74) is -0.486. The second-order valence-corrected chi connectivity index (χ2v) is 6.77. The summed E-state index contributed by atoms with van der Waals surface area (Å²) in [5.74, 6) is 0.830. The number of carbonyl (C=O) groups excluding carboxylic acids is 1. The predicted molar refractivity (Wildman–Crippen MR) is 70.1 cm³/mol. The van der Waals surface area contributed by atoms with E-state index in [1.54, 1.807) is 0 Å². The minimum absolute atomic E-state index is 0.194. The van der Waals surface area contributed by atoms with Crippen LogP contribution in [0.1, 0.15) is 45.4 Å². The Hall–Kier alpha value is -1.26. The standard InChI is InChI=1S/C15H22O5/c1-9-2-3-12-11(9)6-10(7-13(16)17)4-5-15(12)8-19-14(18)20-15/h9-12H,2-8H2,1H3,(H,16,17)/t9?,10?,11?,12?,15-/m1/s1. The smallest absolute Gasteiger partial charge is 0.481 e. The minimum Gasteiger partial charge on any atom is -0.481 e. The lowest BCUT2D eigenvalue weighted by molar-refractivity contribution is -0.138. The largest absolute Gasteiger partial charge is 0.509 e. The van der Waals surface area contributed by atoms with Crippen molar-refractivity contribution in [1.29, 1.82) is 0 Å². The zero-order valence-corrected chi connectivity index (χ0v) is 11.8. The molecule has 5 nitrogen and oxygen atoms in total. The highest BCUT2D eigenvalue weighted by molar-refractivity contribution is 5.67. The summed E-state index contributed by atoms with van der Waals surface area (Å²) in [4.78, 5) is 22.4. The van der Waals surface area contributed by atoms with Crippen LogP contribution in [-0.2, 0) is 14.3 Å². The maximum atomic E-state index is 11.4. The molecule has 1 spiro atoms. The zero-order chi connectivity index (χ0) is 14.3. The van der Waals surface area contributed by atoms with E-state index in [0.717, 1.165) is 32.1 Å². The van der Waals surface area contributed by atoms with Crippen molar-refractivity contribution >= 4 is 12.1 Å². The van der Waals surface area contributed by atoms with Gasteiger partial charge in [0.25, 0.3) is 0 Å². The number of carboxylic acid groups (broad SMARTS) is 1. The van der Waals surface area contributed by atoms with Crippen molar-refractivity contribution in [3.05, 3.63) is 0 Å². The van der Waals surface area contributed by atoms with E-state index in [2.05, 4.69) is 6.92 Å². The van der Waals surface area contributed by atoms with E-state index in [9.17, 15) is 9.59 Å². The van der Waals surface area contributed by atoms with E-state index < -0.39 is 17.7 Å². The summed E-state index contributed by atoms with van der Waals surface area (Å²) >= 11 is 0. The van der Waals surface area contributed by atoms with Crippen LogP contribution in [0, 0.1) is 23.7 Å². The molecule has 20 heavy (non-hydrogen) atoms. The first kappa shape index (κ1) is 13.7. The first-order valence-electron chi connectivity index (χ1n) is 7.58. The molecule has 0 aromatic heterocycles. The van der Waals surface area contributed by atoms with E-state index in [1.165, 1.54) is 0 Å². The molecular weight excluding hydrogens is 260 g/mol. The number of carbonyl (C=O) groups is 2. The number of fused-ring (bicyclic) bond motifs is 2. The predicted octanol–water partition coefficient (Wildman–Crippen LogP) is 2.83. The molecule has 1 heterocycles. The third-order valence-corrected chi connectivity index (χ3v) is 5.62. The van der Waals surface area contributed by atoms with Crippen LogP contribution < -0.4 is 0 Å². The fourth-order valence-electron chi connectivity index (χ4n) is 4.60. The molecule has 0 aromatic rings. The lowest BCUT2D eigenvalue weighted by Crippen LogP contribution is -2.41. The molecular formula is C15H22O5. The lowest BCUT2D eigenvalue weighted by atomic mass is 9.77. The van der Waals surface area contributed by atoms with E-state index in [4.69, 9.17) is 14.6 Å². The number of rotatable bonds is 2. The third-order valence-electron chi connectivity index (χ3n) is 5.62. The van der Waals surface area contributed by atoms with Gasteiger partial charge in [-0.05, 0) is 43.4 Å². The molecule has 0 amide bonds. The van der Waals surface area contributed by atoms with Gasteiger partial charge in [0.2, 0.25) is 0 Å². The van der Waals surface area contributed by atoms with E-state index in [1.807, 2.05) is 0 Å². The highest BCUT2D eigenvalue weighted by Crippen LogP contribution is 2.53. The van der Waals surface area contributed by atoms with Crippen LogP contribution in [0.4, 0.5) is 4.79 Å². The molecule has 112 valence electrons. The summed E-state index contributed by atoms with van der Waals surface area (Å²) in [6.45, 7) is 2.58. The van der Waals surface area contributed by atoms with Crippen molar-refractivity contribution in [3.63, 3.8) is 0 Å². The molecule has 0 radical (unpaired) electrons. The number of ether oxygens (including phenoxy) is 2. The van der Waals surface area contributed by atoms with E-state index in [-0.39, 0.29) is 12.3 Å². The van der Waals surface area contributed by atoms with Gasteiger partial charge in [0.15, 0.2) is 5.60 Å². The third kappa shape index (κ3) is 2.27. The fourth-order valence-corrected chi connectivity index (χ4v) is 4.60. The van der Waals surface area contributed by atoms with E-state index in [0.29, 0.717) is 24.4 Å². The normalized spacial score (nSPS) is 43.8. The summed E-state index contributed by atoms with van der Waals surface area (Å²) in [5, 5.41) is 9.05. The topological polar surface area (TPSA) is 72.8 Å². The highest BCUT2D eigenvalue weighted by Gasteiger charge is 2.56. The van der Waals surface area contributed by atoms with Gasteiger partial charge in [-0.25, -0.2) is 4.79 Å². The Morgan fingerprint density at radius 3 is 2.85 bits per heavy atom. The average molecular weight is 282 g/mol. The quantitative estimate of drug-likeness (QED) is 0.788. The van der Waals surface area contributed by atoms with Crippen LogP contribution in [0.5, 0.6) is 0 Å². The fraction of sp³-hybridized carbons (Fsp3) is 0.867. The monoisotopic (exact) mass is 282 g/mol. The second-order valence-electron chi connectivity index (χ2n) is 6.77. The van der Waals surface area contributed by atoms with Crippen molar-refractivity contribution in [2.24, 2.45) is 23.7 Å². The van der Waals surface area contributed by atoms with Crippen molar-refractivity contribution < 1.29 is 24.2 Å². The van der Waals surface area contributed by atoms with Crippen molar-refractivity contribution in [3.8, 4) is 0 Å². The number of hydrogen-bond acceptors (Lipinski definition) is 4. The number of hydrogen-bond donors (Lipinski definition) is 1. The maximum Gasteiger partial charge on any atom is 0.509 e. The minimum atomic E-state index is -0.729. The van der Waals surface area contributed by atoms with Crippen LogP contribution in [0.25, 0.3) is 0 Å². The Morgan fingerprint density at radius 1 is 1.40 bits per heavy atom. The van der Waals surface area contributed by atoms with Gasteiger partial charge in [0, 0.05) is 12.3 Å². The summed E-state index contributed by atoms with van der Waals surface area (Å²) in [6, 6.07) is 0. The van der Waals surface area contributed by atoms with Crippen LogP contribution in [0.3, 0.4) is 0 Å². The highest BCUT2D eigenvalue weighted by atomic mass is 16.8. The summed E-state index contributed by atoms with van der Waals surface area (Å²) < 4.78 is 10.7. The van der Waals surface area contributed by atoms with Gasteiger partial charge >= 0.3 is 12.1 Å². The molecule has 5 heteroatoms. The van der Waals surface area contributed by atoms with Crippen molar-refractivity contribution in [1.82, 2.24) is 0 Å². The lowest BCUT2D eigenvalue weighted by Gasteiger charge is -2.33. The molecule has 3 fully saturated rings. The first-order chi connectivity index (χ1) is 9.50. The molecule has 3 rings (SSSR count). The molecule has 2 aliphatic carbocycles. The van der Waals surface area contributed by atoms with Gasteiger partial charge in [0.05, 0.1) is 0 Å². The maximum absolute atomic E-state index is 11.4. The molecule has 1 saturated heterocycles. The average Bonchev–Trinajstić information content (AvgIpc) is 2.87. The Balaban J connectivity index is 1.84.